The number of thiophene rings is 1. The van der Waals surface area contributed by atoms with Gasteiger partial charge in [0.1, 0.15) is 10.6 Å². The molecule has 26 heavy (non-hydrogen) atoms. The predicted molar refractivity (Wildman–Crippen MR) is 101 cm³/mol. The van der Waals surface area contributed by atoms with Crippen molar-refractivity contribution in [3.05, 3.63) is 28.9 Å². The van der Waals surface area contributed by atoms with Crippen LogP contribution in [0.2, 0.25) is 0 Å². The summed E-state index contributed by atoms with van der Waals surface area (Å²) in [6.45, 7) is 6.87. The Hall–Kier alpha value is -1.99. The molecule has 0 saturated carbocycles. The summed E-state index contributed by atoms with van der Waals surface area (Å²) in [4.78, 5) is 31.9. The van der Waals surface area contributed by atoms with Crippen LogP contribution in [-0.4, -0.2) is 53.5 Å². The molecule has 0 spiro atoms. The number of nitrogens with zero attached hydrogens (tertiary/aromatic N) is 2. The van der Waals surface area contributed by atoms with E-state index in [2.05, 4.69) is 15.2 Å². The maximum absolute atomic E-state index is 12.6. The van der Waals surface area contributed by atoms with Crippen LogP contribution < -0.4 is 5.32 Å². The molecule has 5 rings (SSSR count). The van der Waals surface area contributed by atoms with Crippen LogP contribution in [0.4, 0.5) is 0 Å². The number of hydrogen-bond acceptors (Lipinski definition) is 6. The number of amides is 1. The van der Waals surface area contributed by atoms with E-state index in [9.17, 15) is 9.59 Å². The monoisotopic (exact) mass is 373 g/mol. The Balaban J connectivity index is 1.49. The minimum Gasteiger partial charge on any atom is -0.459 e. The van der Waals surface area contributed by atoms with E-state index < -0.39 is 0 Å². The molecule has 1 N–H and O–H groups in total. The van der Waals surface area contributed by atoms with Crippen molar-refractivity contribution >= 4 is 33.3 Å². The number of nitrogens with one attached hydrogen (secondary N) is 1. The Morgan fingerprint density at radius 2 is 2.08 bits per heavy atom. The molecule has 2 aromatic rings. The number of piperidine rings is 3. The first kappa shape index (κ1) is 17.4. The molecule has 5 heterocycles. The van der Waals surface area contributed by atoms with Gasteiger partial charge in [0.15, 0.2) is 0 Å². The number of aromatic nitrogens is 1. The molecule has 0 aliphatic carbocycles. The second kappa shape index (κ2) is 6.96. The zero-order valence-corrected chi connectivity index (χ0v) is 15.8. The number of rotatable bonds is 4. The largest absolute Gasteiger partial charge is 0.459 e. The van der Waals surface area contributed by atoms with E-state index >= 15 is 0 Å². The third-order valence-corrected chi connectivity index (χ3v) is 6.23. The minimum atomic E-state index is -0.334. The third-order valence-electron chi connectivity index (χ3n) is 5.15. The first-order valence-electron chi connectivity index (χ1n) is 9.13. The van der Waals surface area contributed by atoms with Gasteiger partial charge in [0.2, 0.25) is 0 Å². The van der Waals surface area contributed by atoms with Crippen LogP contribution in [-0.2, 0) is 4.74 Å². The summed E-state index contributed by atoms with van der Waals surface area (Å²) < 4.78 is 6.11. The van der Waals surface area contributed by atoms with Gasteiger partial charge < -0.3 is 15.0 Å². The highest BCUT2D eigenvalue weighted by Crippen LogP contribution is 2.29. The summed E-state index contributed by atoms with van der Waals surface area (Å²) in [5, 5.41) is 4.01. The van der Waals surface area contributed by atoms with Gasteiger partial charge in [-0.2, -0.15) is 0 Å². The SMILES string of the molecule is CC(C)OC(=O)c1cc2cnc(C(=O)N[C@H]3CN4CCC3CC4)cc2s1. The lowest BCUT2D eigenvalue weighted by molar-refractivity contribution is 0.0383. The first-order valence-corrected chi connectivity index (χ1v) is 9.95. The molecular formula is C19H23N3O3S. The van der Waals surface area contributed by atoms with Gasteiger partial charge in [0, 0.05) is 28.9 Å². The van der Waals surface area contributed by atoms with E-state index in [0.29, 0.717) is 16.5 Å². The zero-order chi connectivity index (χ0) is 18.3. The van der Waals surface area contributed by atoms with Crippen LogP contribution in [0.1, 0.15) is 46.8 Å². The quantitative estimate of drug-likeness (QED) is 0.835. The zero-order valence-electron chi connectivity index (χ0n) is 15.0. The first-order chi connectivity index (χ1) is 12.5. The second-order valence-electron chi connectivity index (χ2n) is 7.39. The van der Waals surface area contributed by atoms with Crippen molar-refractivity contribution in [3.63, 3.8) is 0 Å². The third kappa shape index (κ3) is 3.46. The van der Waals surface area contributed by atoms with Gasteiger partial charge in [0.25, 0.3) is 5.91 Å². The standard InChI is InChI=1S/C19H23N3O3S/c1-11(2)25-19(24)17-7-13-9-20-14(8-16(13)26-17)18(23)21-15-10-22-5-3-12(15)4-6-22/h7-9,11-12,15H,3-6,10H2,1-2H3,(H,21,23)/t15-/m0/s1. The molecule has 3 saturated heterocycles. The van der Waals surface area contributed by atoms with E-state index in [4.69, 9.17) is 4.74 Å². The Kier molecular flexibility index (Phi) is 4.67. The molecule has 3 aliphatic rings. The fourth-order valence-electron chi connectivity index (χ4n) is 3.80. The molecule has 3 aliphatic heterocycles. The minimum absolute atomic E-state index is 0.134. The van der Waals surface area contributed by atoms with E-state index in [1.807, 2.05) is 13.8 Å². The summed E-state index contributed by atoms with van der Waals surface area (Å²) in [5.74, 6) is 0.108. The molecule has 7 heteroatoms. The van der Waals surface area contributed by atoms with Gasteiger partial charge in [0.05, 0.1) is 6.10 Å². The molecular weight excluding hydrogens is 350 g/mol. The van der Waals surface area contributed by atoms with E-state index in [0.717, 1.165) is 42.6 Å². The topological polar surface area (TPSA) is 71.5 Å². The highest BCUT2D eigenvalue weighted by Gasteiger charge is 2.35. The van der Waals surface area contributed by atoms with Crippen molar-refractivity contribution < 1.29 is 14.3 Å². The second-order valence-corrected chi connectivity index (χ2v) is 8.47. The molecule has 0 radical (unpaired) electrons. The smallest absolute Gasteiger partial charge is 0.348 e. The van der Waals surface area contributed by atoms with Crippen LogP contribution in [0.5, 0.6) is 0 Å². The molecule has 6 nitrogen and oxygen atoms in total. The average molecular weight is 373 g/mol. The number of hydrogen-bond donors (Lipinski definition) is 1. The van der Waals surface area contributed by atoms with Crippen LogP contribution in [0.25, 0.3) is 10.1 Å². The van der Waals surface area contributed by atoms with E-state index in [1.165, 1.54) is 11.3 Å². The van der Waals surface area contributed by atoms with Gasteiger partial charge in [-0.3, -0.25) is 9.78 Å². The van der Waals surface area contributed by atoms with Crippen LogP contribution in [0, 0.1) is 5.92 Å². The summed E-state index contributed by atoms with van der Waals surface area (Å²) in [6.07, 6.45) is 3.81. The summed E-state index contributed by atoms with van der Waals surface area (Å²) in [7, 11) is 0. The fourth-order valence-corrected chi connectivity index (χ4v) is 4.76. The van der Waals surface area contributed by atoms with Gasteiger partial charge in [-0.05, 0) is 57.8 Å². The van der Waals surface area contributed by atoms with Crippen LogP contribution >= 0.6 is 11.3 Å². The summed E-state index contributed by atoms with van der Waals surface area (Å²) in [5.41, 5.74) is 0.402. The fraction of sp³-hybridized carbons (Fsp3) is 0.526. The van der Waals surface area contributed by atoms with Crippen molar-refractivity contribution in [2.24, 2.45) is 5.92 Å². The molecule has 2 bridgehead atoms. The van der Waals surface area contributed by atoms with Crippen molar-refractivity contribution in [3.8, 4) is 0 Å². The van der Waals surface area contributed by atoms with Crippen molar-refractivity contribution in [2.45, 2.75) is 38.8 Å². The molecule has 0 aromatic carbocycles. The number of fused-ring (bicyclic) bond motifs is 4. The maximum Gasteiger partial charge on any atom is 0.348 e. The highest BCUT2D eigenvalue weighted by molar-refractivity contribution is 7.20. The van der Waals surface area contributed by atoms with E-state index in [1.54, 1.807) is 18.3 Å². The number of esters is 1. The molecule has 3 fully saturated rings. The molecule has 138 valence electrons. The Morgan fingerprint density at radius 1 is 1.31 bits per heavy atom. The Labute approximate surface area is 156 Å². The summed E-state index contributed by atoms with van der Waals surface area (Å²) in [6, 6.07) is 3.75. The van der Waals surface area contributed by atoms with Gasteiger partial charge in [-0.1, -0.05) is 0 Å². The molecule has 1 amide bonds. The Bertz CT molecular complexity index is 840. The van der Waals surface area contributed by atoms with E-state index in [-0.39, 0.29) is 24.0 Å². The highest BCUT2D eigenvalue weighted by atomic mass is 32.1. The molecule has 0 unspecified atom stereocenters. The maximum atomic E-state index is 12.6. The number of carbonyl (C=O) groups is 2. The van der Waals surface area contributed by atoms with Gasteiger partial charge in [-0.25, -0.2) is 4.79 Å². The van der Waals surface area contributed by atoms with Gasteiger partial charge >= 0.3 is 5.97 Å². The predicted octanol–water partition coefficient (Wildman–Crippen LogP) is 2.69. The Morgan fingerprint density at radius 3 is 2.73 bits per heavy atom. The molecule has 1 atom stereocenters. The van der Waals surface area contributed by atoms with Crippen molar-refractivity contribution in [2.75, 3.05) is 19.6 Å². The lowest BCUT2D eigenvalue weighted by Crippen LogP contribution is -2.57. The van der Waals surface area contributed by atoms with Crippen LogP contribution in [0.15, 0.2) is 18.3 Å². The van der Waals surface area contributed by atoms with Crippen LogP contribution in [0.3, 0.4) is 0 Å². The lowest BCUT2D eigenvalue weighted by atomic mass is 9.84. The molecule has 2 aromatic heterocycles. The normalized spacial score (nSPS) is 24.8. The summed E-state index contributed by atoms with van der Waals surface area (Å²) >= 11 is 1.33. The number of carbonyl (C=O) groups excluding carboxylic acids is 2. The number of ether oxygens (including phenoxy) is 1. The van der Waals surface area contributed by atoms with Gasteiger partial charge in [-0.15, -0.1) is 11.3 Å². The van der Waals surface area contributed by atoms with Crippen molar-refractivity contribution in [1.82, 2.24) is 15.2 Å². The number of pyridine rings is 1. The van der Waals surface area contributed by atoms with Crippen molar-refractivity contribution in [1.29, 1.82) is 0 Å². The average Bonchev–Trinajstić information content (AvgIpc) is 3.05. The lowest BCUT2D eigenvalue weighted by Gasteiger charge is -2.44.